The van der Waals surface area contributed by atoms with E-state index in [4.69, 9.17) is 22.1 Å². The van der Waals surface area contributed by atoms with Crippen LogP contribution in [0, 0.1) is 0 Å². The summed E-state index contributed by atoms with van der Waals surface area (Å²) in [6, 6.07) is 16.0. The van der Waals surface area contributed by atoms with Gasteiger partial charge in [0.15, 0.2) is 0 Å². The first kappa shape index (κ1) is 14.9. The van der Waals surface area contributed by atoms with Gasteiger partial charge in [0.05, 0.1) is 0 Å². The monoisotopic (exact) mass is 289 g/mol. The van der Waals surface area contributed by atoms with Gasteiger partial charge in [0.25, 0.3) is 0 Å². The second-order valence-electron chi connectivity index (χ2n) is 4.80. The summed E-state index contributed by atoms with van der Waals surface area (Å²) in [5.41, 5.74) is 8.04. The lowest BCUT2D eigenvalue weighted by Gasteiger charge is -2.18. The molecule has 3 heteroatoms. The van der Waals surface area contributed by atoms with E-state index in [0.717, 1.165) is 29.2 Å². The zero-order valence-electron chi connectivity index (χ0n) is 11.7. The topological polar surface area (TPSA) is 35.2 Å². The molecule has 2 N–H and O–H groups in total. The van der Waals surface area contributed by atoms with Crippen LogP contribution in [0.1, 0.15) is 24.5 Å². The van der Waals surface area contributed by atoms with Gasteiger partial charge in [-0.25, -0.2) is 0 Å². The lowest BCUT2D eigenvalue weighted by atomic mass is 10.0. The van der Waals surface area contributed by atoms with Gasteiger partial charge < -0.3 is 10.5 Å². The van der Waals surface area contributed by atoms with Crippen molar-refractivity contribution in [3.05, 3.63) is 64.7 Å². The van der Waals surface area contributed by atoms with Gasteiger partial charge in [0.2, 0.25) is 0 Å². The number of hydrogen-bond acceptors (Lipinski definition) is 2. The van der Waals surface area contributed by atoms with Crippen molar-refractivity contribution >= 4 is 11.6 Å². The average molecular weight is 290 g/mol. The van der Waals surface area contributed by atoms with Gasteiger partial charge in [-0.05, 0) is 35.7 Å². The van der Waals surface area contributed by atoms with Crippen molar-refractivity contribution in [1.29, 1.82) is 0 Å². The molecule has 2 aromatic rings. The maximum atomic E-state index is 6.11. The highest BCUT2D eigenvalue weighted by Crippen LogP contribution is 2.26. The van der Waals surface area contributed by atoms with E-state index in [2.05, 4.69) is 19.1 Å². The van der Waals surface area contributed by atoms with Crippen LogP contribution in [0.5, 0.6) is 5.75 Å². The maximum absolute atomic E-state index is 6.11. The molecule has 0 bridgehead atoms. The van der Waals surface area contributed by atoms with Gasteiger partial charge in [-0.1, -0.05) is 48.9 Å². The molecule has 0 amide bonds. The maximum Gasteiger partial charge on any atom is 0.123 e. The highest BCUT2D eigenvalue weighted by Gasteiger charge is 2.11. The highest BCUT2D eigenvalue weighted by atomic mass is 35.5. The molecule has 2 rings (SSSR count). The van der Waals surface area contributed by atoms with E-state index in [0.29, 0.717) is 6.54 Å². The Morgan fingerprint density at radius 1 is 1.15 bits per heavy atom. The summed E-state index contributed by atoms with van der Waals surface area (Å²) >= 11 is 6.11. The van der Waals surface area contributed by atoms with Gasteiger partial charge in [0, 0.05) is 18.0 Å². The Morgan fingerprint density at radius 2 is 1.90 bits per heavy atom. The predicted octanol–water partition coefficient (Wildman–Crippen LogP) is 4.05. The number of benzene rings is 2. The molecular formula is C17H20ClNO. The van der Waals surface area contributed by atoms with Gasteiger partial charge in [0.1, 0.15) is 11.9 Å². The summed E-state index contributed by atoms with van der Waals surface area (Å²) in [6.45, 7) is 2.59. The smallest absolute Gasteiger partial charge is 0.123 e. The van der Waals surface area contributed by atoms with Crippen molar-refractivity contribution in [2.45, 2.75) is 25.9 Å². The van der Waals surface area contributed by atoms with Crippen LogP contribution in [0.2, 0.25) is 5.02 Å². The van der Waals surface area contributed by atoms with Crippen LogP contribution >= 0.6 is 11.6 Å². The van der Waals surface area contributed by atoms with Crippen LogP contribution < -0.4 is 10.5 Å². The standard InChI is InChI=1S/C17H20ClNO/c1-2-16(12-19)20-17-9-8-15(18)11-14(17)10-13-6-4-3-5-7-13/h3-9,11,16H,2,10,12,19H2,1H3. The Morgan fingerprint density at radius 3 is 2.55 bits per heavy atom. The van der Waals surface area contributed by atoms with Crippen LogP contribution in [0.4, 0.5) is 0 Å². The minimum Gasteiger partial charge on any atom is -0.489 e. The van der Waals surface area contributed by atoms with E-state index in [-0.39, 0.29) is 6.10 Å². The van der Waals surface area contributed by atoms with Crippen molar-refractivity contribution < 1.29 is 4.74 Å². The van der Waals surface area contributed by atoms with E-state index < -0.39 is 0 Å². The Hall–Kier alpha value is -1.51. The quantitative estimate of drug-likeness (QED) is 0.871. The zero-order valence-corrected chi connectivity index (χ0v) is 12.4. The highest BCUT2D eigenvalue weighted by molar-refractivity contribution is 6.30. The predicted molar refractivity (Wildman–Crippen MR) is 84.5 cm³/mol. The summed E-state index contributed by atoms with van der Waals surface area (Å²) in [5, 5.41) is 0.726. The molecule has 1 atom stereocenters. The van der Waals surface area contributed by atoms with E-state index in [1.165, 1.54) is 5.56 Å². The lowest BCUT2D eigenvalue weighted by molar-refractivity contribution is 0.203. The number of nitrogens with two attached hydrogens (primary N) is 1. The van der Waals surface area contributed by atoms with E-state index in [1.54, 1.807) is 0 Å². The van der Waals surface area contributed by atoms with E-state index in [9.17, 15) is 0 Å². The molecular weight excluding hydrogens is 270 g/mol. The van der Waals surface area contributed by atoms with Crippen molar-refractivity contribution in [3.8, 4) is 5.75 Å². The van der Waals surface area contributed by atoms with Gasteiger partial charge >= 0.3 is 0 Å². The molecule has 0 aromatic heterocycles. The fourth-order valence-electron chi connectivity index (χ4n) is 2.09. The summed E-state index contributed by atoms with van der Waals surface area (Å²) in [7, 11) is 0. The molecule has 2 nitrogen and oxygen atoms in total. The molecule has 0 spiro atoms. The first-order valence-corrected chi connectivity index (χ1v) is 7.29. The van der Waals surface area contributed by atoms with Crippen LogP contribution in [-0.4, -0.2) is 12.6 Å². The fourth-order valence-corrected chi connectivity index (χ4v) is 2.29. The number of ether oxygens (including phenoxy) is 1. The van der Waals surface area contributed by atoms with Gasteiger partial charge in [-0.3, -0.25) is 0 Å². The molecule has 0 fully saturated rings. The number of hydrogen-bond donors (Lipinski definition) is 1. The minimum absolute atomic E-state index is 0.0469. The fraction of sp³-hybridized carbons (Fsp3) is 0.294. The second-order valence-corrected chi connectivity index (χ2v) is 5.23. The summed E-state index contributed by atoms with van der Waals surface area (Å²) in [4.78, 5) is 0. The van der Waals surface area contributed by atoms with Crippen molar-refractivity contribution in [2.24, 2.45) is 5.73 Å². The molecule has 0 aliphatic heterocycles. The van der Waals surface area contributed by atoms with E-state index in [1.807, 2.05) is 36.4 Å². The summed E-state index contributed by atoms with van der Waals surface area (Å²) < 4.78 is 5.99. The SMILES string of the molecule is CCC(CN)Oc1ccc(Cl)cc1Cc1ccccc1. The van der Waals surface area contributed by atoms with Crippen LogP contribution in [0.15, 0.2) is 48.5 Å². The molecule has 0 heterocycles. The number of rotatable bonds is 6. The molecule has 0 saturated heterocycles. The first-order valence-electron chi connectivity index (χ1n) is 6.92. The average Bonchev–Trinajstić information content (AvgIpc) is 2.48. The molecule has 0 radical (unpaired) electrons. The number of halogens is 1. The Bertz CT molecular complexity index is 538. The third kappa shape index (κ3) is 3.99. The lowest BCUT2D eigenvalue weighted by Crippen LogP contribution is -2.26. The molecule has 0 aliphatic rings. The van der Waals surface area contributed by atoms with Gasteiger partial charge in [-0.2, -0.15) is 0 Å². The normalized spacial score (nSPS) is 12.2. The van der Waals surface area contributed by atoms with Crippen molar-refractivity contribution in [2.75, 3.05) is 6.54 Å². The first-order chi connectivity index (χ1) is 9.72. The van der Waals surface area contributed by atoms with Crippen molar-refractivity contribution in [1.82, 2.24) is 0 Å². The Kier molecular flexibility index (Phi) is 5.45. The van der Waals surface area contributed by atoms with Crippen molar-refractivity contribution in [3.63, 3.8) is 0 Å². The summed E-state index contributed by atoms with van der Waals surface area (Å²) in [6.07, 6.45) is 1.74. The summed E-state index contributed by atoms with van der Waals surface area (Å²) in [5.74, 6) is 0.871. The molecule has 1 unspecified atom stereocenters. The molecule has 0 aliphatic carbocycles. The Labute approximate surface area is 125 Å². The van der Waals surface area contributed by atoms with Gasteiger partial charge in [-0.15, -0.1) is 0 Å². The minimum atomic E-state index is 0.0469. The third-order valence-corrected chi connectivity index (χ3v) is 3.51. The molecule has 20 heavy (non-hydrogen) atoms. The van der Waals surface area contributed by atoms with Crippen LogP contribution in [0.3, 0.4) is 0 Å². The molecule has 2 aromatic carbocycles. The van der Waals surface area contributed by atoms with E-state index >= 15 is 0 Å². The zero-order chi connectivity index (χ0) is 14.4. The van der Waals surface area contributed by atoms with Crippen LogP contribution in [0.25, 0.3) is 0 Å². The largest absolute Gasteiger partial charge is 0.489 e. The third-order valence-electron chi connectivity index (χ3n) is 3.27. The molecule has 0 saturated carbocycles. The molecule has 106 valence electrons. The Balaban J connectivity index is 2.24. The van der Waals surface area contributed by atoms with Crippen LogP contribution in [-0.2, 0) is 6.42 Å². The second kappa shape index (κ2) is 7.32.